The van der Waals surface area contributed by atoms with Gasteiger partial charge in [-0.05, 0) is 79.7 Å². The molecule has 6 nitrogen and oxygen atoms in total. The van der Waals surface area contributed by atoms with Crippen LogP contribution < -0.4 is 10.5 Å². The number of nitrogens with one attached hydrogen (secondary N) is 2. The fourth-order valence-electron chi connectivity index (χ4n) is 3.39. The second-order valence-electron chi connectivity index (χ2n) is 7.00. The first-order valence-electron chi connectivity index (χ1n) is 9.67. The van der Waals surface area contributed by atoms with E-state index >= 15 is 0 Å². The summed E-state index contributed by atoms with van der Waals surface area (Å²) in [6.45, 7) is 1.13. The minimum atomic E-state index is 0. The molecular formula is C23H21MnN5O. The Balaban J connectivity index is 0.00000218. The van der Waals surface area contributed by atoms with Crippen LogP contribution >= 0.6 is 0 Å². The molecule has 3 aromatic rings. The SMILES string of the molecule is NCCCOc1c2nc(cc3nc(cc4ccc(cc5ccc1[nH]5)[nH]4)C=C3)C=C2.[Mn]. The molecule has 0 atom stereocenters. The largest absolute Gasteiger partial charge is 0.489 e. The number of nitrogens with zero attached hydrogens (tertiary/aromatic N) is 2. The Labute approximate surface area is 184 Å². The number of ether oxygens (including phenoxy) is 1. The van der Waals surface area contributed by atoms with Crippen LogP contribution in [0.1, 0.15) is 29.2 Å². The minimum absolute atomic E-state index is 0. The van der Waals surface area contributed by atoms with Gasteiger partial charge in [-0.2, -0.15) is 0 Å². The molecular weight excluding hydrogens is 417 g/mol. The molecule has 5 rings (SSSR count). The van der Waals surface area contributed by atoms with Gasteiger partial charge >= 0.3 is 0 Å². The molecule has 30 heavy (non-hydrogen) atoms. The van der Waals surface area contributed by atoms with Gasteiger partial charge in [0.05, 0.1) is 29.2 Å². The Bertz CT molecular complexity index is 1290. The summed E-state index contributed by atoms with van der Waals surface area (Å²) in [5, 5.41) is 0. The van der Waals surface area contributed by atoms with Crippen molar-refractivity contribution in [1.82, 2.24) is 19.9 Å². The van der Waals surface area contributed by atoms with Gasteiger partial charge in [0.25, 0.3) is 0 Å². The van der Waals surface area contributed by atoms with E-state index in [2.05, 4.69) is 21.0 Å². The van der Waals surface area contributed by atoms with E-state index in [0.29, 0.717) is 13.2 Å². The maximum absolute atomic E-state index is 6.07. The third-order valence-electron chi connectivity index (χ3n) is 4.77. The quantitative estimate of drug-likeness (QED) is 0.287. The number of hydrogen-bond acceptors (Lipinski definition) is 4. The number of hydrogen-bond donors (Lipinski definition) is 3. The molecule has 0 spiro atoms. The average molecular weight is 438 g/mol. The molecule has 0 aliphatic carbocycles. The fourth-order valence-corrected chi connectivity index (χ4v) is 3.39. The smallest absolute Gasteiger partial charge is 0.168 e. The molecule has 4 N–H and O–H groups in total. The van der Waals surface area contributed by atoms with Crippen LogP contribution in [0.15, 0.2) is 42.5 Å². The van der Waals surface area contributed by atoms with Crippen LogP contribution in [0.3, 0.4) is 0 Å². The van der Waals surface area contributed by atoms with E-state index in [-0.39, 0.29) is 17.1 Å². The van der Waals surface area contributed by atoms with Gasteiger partial charge in [-0.1, -0.05) is 0 Å². The van der Waals surface area contributed by atoms with E-state index in [9.17, 15) is 0 Å². The van der Waals surface area contributed by atoms with E-state index in [4.69, 9.17) is 15.5 Å². The summed E-state index contributed by atoms with van der Waals surface area (Å²) in [6.07, 6.45) is 8.73. The molecule has 0 saturated carbocycles. The van der Waals surface area contributed by atoms with Gasteiger partial charge in [0, 0.05) is 33.6 Å². The van der Waals surface area contributed by atoms with Crippen molar-refractivity contribution in [3.05, 3.63) is 65.2 Å². The van der Waals surface area contributed by atoms with Gasteiger partial charge in [0.1, 0.15) is 5.69 Å². The van der Waals surface area contributed by atoms with E-state index < -0.39 is 0 Å². The molecule has 2 aliphatic rings. The molecule has 5 heterocycles. The minimum Gasteiger partial charge on any atom is -0.489 e. The van der Waals surface area contributed by atoms with Crippen LogP contribution in [0.2, 0.25) is 0 Å². The molecule has 7 heteroatoms. The summed E-state index contributed by atoms with van der Waals surface area (Å²) in [5.74, 6) is 0.724. The summed E-state index contributed by atoms with van der Waals surface area (Å²) in [7, 11) is 0. The molecule has 8 bridgehead atoms. The monoisotopic (exact) mass is 438 g/mol. The van der Waals surface area contributed by atoms with Gasteiger partial charge in [0.15, 0.2) is 5.75 Å². The van der Waals surface area contributed by atoms with E-state index in [1.54, 1.807) is 0 Å². The maximum atomic E-state index is 6.07. The van der Waals surface area contributed by atoms with Crippen LogP contribution in [0, 0.1) is 0 Å². The summed E-state index contributed by atoms with van der Waals surface area (Å²) in [5.41, 5.74) is 12.9. The van der Waals surface area contributed by atoms with E-state index in [1.165, 1.54) is 0 Å². The Morgan fingerprint density at radius 1 is 0.767 bits per heavy atom. The van der Waals surface area contributed by atoms with Gasteiger partial charge in [-0.25, -0.2) is 9.97 Å². The predicted molar refractivity (Wildman–Crippen MR) is 118 cm³/mol. The average Bonchev–Trinajstić information content (AvgIpc) is 3.49. The molecule has 151 valence electrons. The number of H-pyrrole nitrogens is 2. The second kappa shape index (κ2) is 8.71. The summed E-state index contributed by atoms with van der Waals surface area (Å²) in [4.78, 5) is 16.2. The molecule has 0 unspecified atom stereocenters. The van der Waals surface area contributed by atoms with E-state index in [1.807, 2.05) is 60.7 Å². The van der Waals surface area contributed by atoms with Crippen molar-refractivity contribution in [2.45, 2.75) is 6.42 Å². The third kappa shape index (κ3) is 4.23. The van der Waals surface area contributed by atoms with Crippen LogP contribution in [0.5, 0.6) is 5.75 Å². The number of rotatable bonds is 4. The molecule has 0 saturated heterocycles. The fraction of sp³-hybridized carbons (Fsp3) is 0.130. The molecule has 3 aromatic heterocycles. The van der Waals surface area contributed by atoms with Crippen molar-refractivity contribution < 1.29 is 21.8 Å². The Hall–Kier alpha value is -3.12. The van der Waals surface area contributed by atoms with Crippen molar-refractivity contribution >= 4 is 46.4 Å². The summed E-state index contributed by atoms with van der Waals surface area (Å²) in [6, 6.07) is 14.2. The zero-order valence-electron chi connectivity index (χ0n) is 16.2. The zero-order valence-corrected chi connectivity index (χ0v) is 17.4. The van der Waals surface area contributed by atoms with Gasteiger partial charge in [-0.3, -0.25) is 0 Å². The number of aromatic amines is 2. The van der Waals surface area contributed by atoms with Crippen LogP contribution in [0.25, 0.3) is 46.4 Å². The van der Waals surface area contributed by atoms with Gasteiger partial charge in [0.2, 0.25) is 0 Å². The Kier molecular flexibility index (Phi) is 5.86. The normalized spacial score (nSPS) is 12.0. The summed E-state index contributed by atoms with van der Waals surface area (Å²) >= 11 is 0. The number of nitrogens with two attached hydrogens (primary N) is 1. The van der Waals surface area contributed by atoms with Gasteiger partial charge < -0.3 is 20.4 Å². The van der Waals surface area contributed by atoms with Crippen molar-refractivity contribution in [2.24, 2.45) is 5.73 Å². The van der Waals surface area contributed by atoms with Crippen molar-refractivity contribution in [1.29, 1.82) is 0 Å². The standard InChI is InChI=1S/C23H21N5O.Mn/c24-10-1-11-29-23-21-8-6-19(27-21)13-17-4-2-15(25-17)12-16-3-5-18(26-16)14-20-7-9-22(23)28-20;/h2-9,12-14,25,27H,1,10-11,24H2;. The maximum Gasteiger partial charge on any atom is 0.168 e. The predicted octanol–water partition coefficient (Wildman–Crippen LogP) is 4.38. The zero-order chi connectivity index (χ0) is 19.6. The molecule has 0 fully saturated rings. The van der Waals surface area contributed by atoms with Crippen molar-refractivity contribution in [3.63, 3.8) is 0 Å². The molecule has 1 radical (unpaired) electrons. The number of fused-ring (bicyclic) bond motifs is 8. The van der Waals surface area contributed by atoms with Crippen LogP contribution in [-0.4, -0.2) is 33.1 Å². The first-order valence-corrected chi connectivity index (χ1v) is 9.67. The first kappa shape index (κ1) is 20.2. The first-order chi connectivity index (χ1) is 14.3. The van der Waals surface area contributed by atoms with Crippen LogP contribution in [0.4, 0.5) is 0 Å². The number of aromatic nitrogens is 4. The van der Waals surface area contributed by atoms with E-state index in [0.717, 1.165) is 57.0 Å². The topological polar surface area (TPSA) is 92.6 Å². The summed E-state index contributed by atoms with van der Waals surface area (Å²) < 4.78 is 6.07. The molecule has 0 amide bonds. The van der Waals surface area contributed by atoms with Gasteiger partial charge in [-0.15, -0.1) is 0 Å². The third-order valence-corrected chi connectivity index (χ3v) is 4.77. The Morgan fingerprint density at radius 2 is 1.43 bits per heavy atom. The molecule has 0 aromatic carbocycles. The molecule has 2 aliphatic heterocycles. The van der Waals surface area contributed by atoms with Crippen molar-refractivity contribution in [3.8, 4) is 5.75 Å². The second-order valence-corrected chi connectivity index (χ2v) is 7.00. The van der Waals surface area contributed by atoms with Crippen molar-refractivity contribution in [2.75, 3.05) is 13.2 Å². The Morgan fingerprint density at radius 3 is 2.27 bits per heavy atom. The van der Waals surface area contributed by atoms with Crippen LogP contribution in [-0.2, 0) is 17.1 Å².